The molecule has 0 bridgehead atoms. The molecule has 2 aromatic carbocycles. The van der Waals surface area contributed by atoms with Crippen molar-refractivity contribution in [2.75, 3.05) is 11.9 Å². The van der Waals surface area contributed by atoms with E-state index in [0.29, 0.717) is 30.3 Å². The van der Waals surface area contributed by atoms with Crippen LogP contribution in [-0.2, 0) is 10.2 Å². The number of aromatic amines is 1. The molecule has 30 heavy (non-hydrogen) atoms. The number of rotatable bonds is 3. The predicted molar refractivity (Wildman–Crippen MR) is 113 cm³/mol. The summed E-state index contributed by atoms with van der Waals surface area (Å²) in [5, 5.41) is 3.45. The van der Waals surface area contributed by atoms with Crippen LogP contribution in [0.25, 0.3) is 10.9 Å². The Hall–Kier alpha value is -3.48. The second kappa shape index (κ2) is 6.79. The third kappa shape index (κ3) is 2.51. The summed E-state index contributed by atoms with van der Waals surface area (Å²) in [7, 11) is 0. The number of nitrogens with zero attached hydrogens (tertiary/aromatic N) is 2. The number of hydrogen-bond acceptors (Lipinski definition) is 4. The van der Waals surface area contributed by atoms with E-state index in [9.17, 15) is 14.4 Å². The molecule has 5 rings (SSSR count). The number of hydrogen-bond donors (Lipinski definition) is 2. The minimum absolute atomic E-state index is 0.0172. The van der Waals surface area contributed by atoms with E-state index in [-0.39, 0.29) is 29.2 Å². The summed E-state index contributed by atoms with van der Waals surface area (Å²) in [5.74, 6) is -0.383. The zero-order valence-electron chi connectivity index (χ0n) is 16.6. The summed E-state index contributed by atoms with van der Waals surface area (Å²) in [6, 6.07) is 14.3. The second-order valence-electron chi connectivity index (χ2n) is 7.96. The first-order valence-corrected chi connectivity index (χ1v) is 10.3. The zero-order valence-corrected chi connectivity index (χ0v) is 16.6. The quantitative estimate of drug-likeness (QED) is 0.704. The van der Waals surface area contributed by atoms with E-state index in [1.807, 2.05) is 31.2 Å². The van der Waals surface area contributed by atoms with E-state index in [2.05, 4.69) is 15.3 Å². The zero-order chi connectivity index (χ0) is 20.9. The number of carbonyl (C=O) groups is 2. The third-order valence-electron chi connectivity index (χ3n) is 6.39. The fourth-order valence-corrected chi connectivity index (χ4v) is 5.04. The molecule has 0 aliphatic carbocycles. The highest BCUT2D eigenvalue weighted by Crippen LogP contribution is 2.49. The van der Waals surface area contributed by atoms with Crippen molar-refractivity contribution in [1.29, 1.82) is 0 Å². The molecule has 0 saturated carbocycles. The van der Waals surface area contributed by atoms with E-state index in [0.717, 1.165) is 17.7 Å². The lowest BCUT2D eigenvalue weighted by Gasteiger charge is -2.33. The van der Waals surface area contributed by atoms with E-state index >= 15 is 0 Å². The van der Waals surface area contributed by atoms with Gasteiger partial charge in [-0.1, -0.05) is 43.7 Å². The van der Waals surface area contributed by atoms with Gasteiger partial charge in [0.2, 0.25) is 5.91 Å². The average molecular weight is 402 g/mol. The van der Waals surface area contributed by atoms with Crippen molar-refractivity contribution in [2.45, 2.75) is 37.6 Å². The molecule has 2 aliphatic rings. The molecule has 7 heteroatoms. The summed E-state index contributed by atoms with van der Waals surface area (Å²) in [5.41, 5.74) is 1.14. The monoisotopic (exact) mass is 402 g/mol. The van der Waals surface area contributed by atoms with Crippen LogP contribution < -0.4 is 10.9 Å². The molecule has 2 atom stereocenters. The summed E-state index contributed by atoms with van der Waals surface area (Å²) >= 11 is 0. The van der Waals surface area contributed by atoms with Crippen LogP contribution >= 0.6 is 0 Å². The summed E-state index contributed by atoms with van der Waals surface area (Å²) in [4.78, 5) is 47.8. The lowest BCUT2D eigenvalue weighted by Crippen LogP contribution is -2.49. The molecule has 1 spiro atoms. The highest BCUT2D eigenvalue weighted by atomic mass is 16.2. The number of para-hydroxylation sites is 2. The normalized spacial score (nSPS) is 22.5. The number of likely N-dealkylation sites (tertiary alicyclic amines) is 1. The molecule has 1 aromatic heterocycles. The maximum absolute atomic E-state index is 13.4. The number of H-pyrrole nitrogens is 1. The molecule has 7 nitrogen and oxygen atoms in total. The van der Waals surface area contributed by atoms with Crippen LogP contribution in [0.3, 0.4) is 0 Å². The minimum atomic E-state index is -0.764. The molecule has 2 amide bonds. The molecule has 0 unspecified atom stereocenters. The van der Waals surface area contributed by atoms with Gasteiger partial charge in [0.1, 0.15) is 0 Å². The lowest BCUT2D eigenvalue weighted by molar-refractivity contribution is -0.121. The van der Waals surface area contributed by atoms with Crippen LogP contribution in [0.5, 0.6) is 0 Å². The lowest BCUT2D eigenvalue weighted by atomic mass is 9.73. The Morgan fingerprint density at radius 3 is 2.77 bits per heavy atom. The summed E-state index contributed by atoms with van der Waals surface area (Å²) in [6.45, 7) is 2.48. The largest absolute Gasteiger partial charge is 0.332 e. The highest BCUT2D eigenvalue weighted by Gasteiger charge is 2.58. The number of benzene rings is 2. The summed E-state index contributed by atoms with van der Waals surface area (Å²) in [6.07, 6.45) is 2.06. The van der Waals surface area contributed by atoms with Crippen LogP contribution in [0.4, 0.5) is 5.69 Å². The van der Waals surface area contributed by atoms with Crippen molar-refractivity contribution < 1.29 is 9.59 Å². The molecule has 3 aromatic rings. The minimum Gasteiger partial charge on any atom is -0.332 e. The Labute approximate surface area is 173 Å². The number of anilines is 1. The van der Waals surface area contributed by atoms with Crippen molar-refractivity contribution in [1.82, 2.24) is 14.9 Å². The van der Waals surface area contributed by atoms with E-state index in [1.165, 1.54) is 0 Å². The molecule has 2 N–H and O–H groups in total. The van der Waals surface area contributed by atoms with Crippen molar-refractivity contribution >= 4 is 28.4 Å². The molecular formula is C23H22N4O3. The molecule has 152 valence electrons. The average Bonchev–Trinajstić information content (AvgIpc) is 3.27. The van der Waals surface area contributed by atoms with Gasteiger partial charge in [-0.15, -0.1) is 0 Å². The van der Waals surface area contributed by atoms with Crippen LogP contribution in [0.15, 0.2) is 53.3 Å². The molecule has 1 fully saturated rings. The number of amides is 2. The Bertz CT molecular complexity index is 1230. The fraction of sp³-hybridized carbons (Fsp3) is 0.304. The van der Waals surface area contributed by atoms with Gasteiger partial charge in [-0.2, -0.15) is 0 Å². The van der Waals surface area contributed by atoms with Crippen molar-refractivity contribution in [2.24, 2.45) is 0 Å². The van der Waals surface area contributed by atoms with Gasteiger partial charge in [0.25, 0.3) is 11.5 Å². The smallest absolute Gasteiger partial charge is 0.290 e. The van der Waals surface area contributed by atoms with Crippen LogP contribution in [0, 0.1) is 0 Å². The van der Waals surface area contributed by atoms with E-state index in [4.69, 9.17) is 0 Å². The van der Waals surface area contributed by atoms with Gasteiger partial charge in [0.05, 0.1) is 22.4 Å². The molecule has 0 radical (unpaired) electrons. The maximum Gasteiger partial charge on any atom is 0.290 e. The second-order valence-corrected chi connectivity index (χ2v) is 7.96. The standard InChI is InChI=1S/C23H22N4O3/c1-2-7-18-23(15-9-4-6-11-17(15)25-22(23)30)12-13-27(18)21(29)19-24-16-10-5-3-8-14(16)20(28)26-19/h3-6,8-11,18H,2,7,12-13H2,1H3,(H,25,30)(H,24,26,28)/t18-,23+/m0/s1. The Morgan fingerprint density at radius 1 is 1.17 bits per heavy atom. The highest BCUT2D eigenvalue weighted by molar-refractivity contribution is 6.08. The van der Waals surface area contributed by atoms with Gasteiger partial charge < -0.3 is 15.2 Å². The molecular weight excluding hydrogens is 380 g/mol. The first-order chi connectivity index (χ1) is 14.6. The fourth-order valence-electron chi connectivity index (χ4n) is 5.04. The third-order valence-corrected chi connectivity index (χ3v) is 6.39. The van der Waals surface area contributed by atoms with Crippen molar-refractivity contribution in [3.05, 3.63) is 70.3 Å². The number of fused-ring (bicyclic) bond motifs is 3. The first kappa shape index (κ1) is 18.5. The van der Waals surface area contributed by atoms with Crippen LogP contribution in [-0.4, -0.2) is 39.3 Å². The van der Waals surface area contributed by atoms with E-state index < -0.39 is 5.41 Å². The van der Waals surface area contributed by atoms with Gasteiger partial charge in [-0.3, -0.25) is 14.4 Å². The van der Waals surface area contributed by atoms with Crippen molar-refractivity contribution in [3.63, 3.8) is 0 Å². The van der Waals surface area contributed by atoms with Gasteiger partial charge in [-0.25, -0.2) is 4.98 Å². The molecule has 2 aliphatic heterocycles. The van der Waals surface area contributed by atoms with Crippen LogP contribution in [0.2, 0.25) is 0 Å². The number of aromatic nitrogens is 2. The topological polar surface area (TPSA) is 95.2 Å². The van der Waals surface area contributed by atoms with E-state index in [1.54, 1.807) is 29.2 Å². The maximum atomic E-state index is 13.4. The van der Waals surface area contributed by atoms with Gasteiger partial charge in [0.15, 0.2) is 5.82 Å². The van der Waals surface area contributed by atoms with Gasteiger partial charge in [0, 0.05) is 12.2 Å². The summed E-state index contributed by atoms with van der Waals surface area (Å²) < 4.78 is 0. The number of carbonyl (C=O) groups excluding carboxylic acids is 2. The number of nitrogens with one attached hydrogen (secondary N) is 2. The predicted octanol–water partition coefficient (Wildman–Crippen LogP) is 2.83. The SMILES string of the molecule is CCC[C@@H]1N(C(=O)c2nc3ccccc3c(=O)[nH]2)CC[C@]12C(=O)Nc1ccccc12. The van der Waals surface area contributed by atoms with Crippen LogP contribution in [0.1, 0.15) is 42.4 Å². The van der Waals surface area contributed by atoms with Gasteiger partial charge in [-0.05, 0) is 36.6 Å². The van der Waals surface area contributed by atoms with Gasteiger partial charge >= 0.3 is 0 Å². The molecule has 1 saturated heterocycles. The molecule has 3 heterocycles. The van der Waals surface area contributed by atoms with Crippen molar-refractivity contribution in [3.8, 4) is 0 Å². The Morgan fingerprint density at radius 2 is 1.93 bits per heavy atom. The Kier molecular flexibility index (Phi) is 4.20. The Balaban J connectivity index is 1.58. The first-order valence-electron chi connectivity index (χ1n) is 10.3.